The van der Waals surface area contributed by atoms with Crippen molar-refractivity contribution in [3.63, 3.8) is 0 Å². The van der Waals surface area contributed by atoms with Gasteiger partial charge in [0.1, 0.15) is 0 Å². The maximum Gasteiger partial charge on any atom is 0.232 e. The highest BCUT2D eigenvalue weighted by atomic mass is 32.2. The minimum absolute atomic E-state index is 0.181. The van der Waals surface area contributed by atoms with Crippen molar-refractivity contribution >= 4 is 17.7 Å². The maximum absolute atomic E-state index is 12.5. The van der Waals surface area contributed by atoms with Crippen LogP contribution in [0.4, 0.5) is 0 Å². The molecule has 4 fully saturated rings. The fourth-order valence-electron chi connectivity index (χ4n) is 5.08. The third kappa shape index (κ3) is 2.88. The van der Waals surface area contributed by atoms with E-state index in [1.165, 1.54) is 32.1 Å². The molecule has 0 heterocycles. The Kier molecular flexibility index (Phi) is 3.85. The van der Waals surface area contributed by atoms with E-state index in [1.54, 1.807) is 11.8 Å². The van der Waals surface area contributed by atoms with E-state index < -0.39 is 0 Å². The summed E-state index contributed by atoms with van der Waals surface area (Å²) in [5.41, 5.74) is 0. The lowest BCUT2D eigenvalue weighted by molar-refractivity contribution is -0.138. The SMILES string of the molecule is CN(C(=O)CSC(C)(C)C)C1C2CC3CC(C2)CC1C3. The molecule has 0 aromatic carbocycles. The quantitative estimate of drug-likeness (QED) is 0.789. The number of hydrogen-bond acceptors (Lipinski definition) is 2. The fourth-order valence-corrected chi connectivity index (χ4v) is 5.84. The zero-order chi connectivity index (χ0) is 14.5. The predicted octanol–water partition coefficient (Wildman–Crippen LogP) is 3.80. The van der Waals surface area contributed by atoms with Crippen molar-refractivity contribution in [1.82, 2.24) is 4.90 Å². The number of hydrogen-bond donors (Lipinski definition) is 0. The van der Waals surface area contributed by atoms with Gasteiger partial charge in [0.25, 0.3) is 0 Å². The highest BCUT2D eigenvalue weighted by molar-refractivity contribution is 8.01. The molecular weight excluding hydrogens is 266 g/mol. The number of thioether (sulfide) groups is 1. The zero-order valence-corrected chi connectivity index (χ0v) is 14.2. The molecule has 4 bridgehead atoms. The molecule has 0 spiro atoms. The van der Waals surface area contributed by atoms with E-state index in [9.17, 15) is 4.79 Å². The maximum atomic E-state index is 12.5. The van der Waals surface area contributed by atoms with Gasteiger partial charge in [-0.2, -0.15) is 0 Å². The van der Waals surface area contributed by atoms with E-state index in [-0.39, 0.29) is 4.75 Å². The van der Waals surface area contributed by atoms with Gasteiger partial charge in [-0.05, 0) is 55.8 Å². The summed E-state index contributed by atoms with van der Waals surface area (Å²) in [7, 11) is 2.07. The van der Waals surface area contributed by atoms with Crippen LogP contribution in [0.2, 0.25) is 0 Å². The van der Waals surface area contributed by atoms with Gasteiger partial charge < -0.3 is 4.90 Å². The summed E-state index contributed by atoms with van der Waals surface area (Å²) in [6, 6.07) is 0.552. The molecule has 20 heavy (non-hydrogen) atoms. The first kappa shape index (κ1) is 14.7. The number of amides is 1. The first-order valence-corrected chi connectivity index (χ1v) is 9.21. The van der Waals surface area contributed by atoms with E-state index in [2.05, 4.69) is 32.7 Å². The monoisotopic (exact) mass is 295 g/mol. The molecule has 0 aromatic rings. The van der Waals surface area contributed by atoms with Crippen LogP contribution < -0.4 is 0 Å². The number of carbonyl (C=O) groups is 1. The molecule has 0 aromatic heterocycles. The minimum Gasteiger partial charge on any atom is -0.342 e. The van der Waals surface area contributed by atoms with Gasteiger partial charge in [-0.25, -0.2) is 0 Å². The van der Waals surface area contributed by atoms with E-state index in [1.807, 2.05) is 0 Å². The molecule has 4 aliphatic carbocycles. The van der Waals surface area contributed by atoms with Crippen LogP contribution in [-0.2, 0) is 4.79 Å². The van der Waals surface area contributed by atoms with Gasteiger partial charge in [0.2, 0.25) is 5.91 Å². The molecule has 0 unspecified atom stereocenters. The highest BCUT2D eigenvalue weighted by Gasteiger charge is 2.50. The topological polar surface area (TPSA) is 20.3 Å². The molecule has 0 radical (unpaired) electrons. The predicted molar refractivity (Wildman–Crippen MR) is 85.8 cm³/mol. The molecule has 0 atom stereocenters. The molecule has 4 aliphatic rings. The molecule has 4 saturated carbocycles. The van der Waals surface area contributed by atoms with Crippen LogP contribution in [0.1, 0.15) is 52.9 Å². The Labute approximate surface area is 128 Å². The van der Waals surface area contributed by atoms with Crippen molar-refractivity contribution in [2.24, 2.45) is 23.7 Å². The number of carbonyl (C=O) groups excluding carboxylic acids is 1. The zero-order valence-electron chi connectivity index (χ0n) is 13.4. The largest absolute Gasteiger partial charge is 0.342 e. The van der Waals surface area contributed by atoms with Gasteiger partial charge in [0, 0.05) is 17.8 Å². The van der Waals surface area contributed by atoms with E-state index in [0.29, 0.717) is 17.7 Å². The Bertz CT molecular complexity index is 359. The van der Waals surface area contributed by atoms with Crippen molar-refractivity contribution in [1.29, 1.82) is 0 Å². The summed E-state index contributed by atoms with van der Waals surface area (Å²) in [6.07, 6.45) is 7.05. The highest BCUT2D eigenvalue weighted by Crippen LogP contribution is 2.55. The lowest BCUT2D eigenvalue weighted by Gasteiger charge is -2.56. The molecule has 0 saturated heterocycles. The average Bonchev–Trinajstić information content (AvgIpc) is 2.33. The second-order valence-corrected chi connectivity index (χ2v) is 10.1. The Hall–Kier alpha value is -0.180. The minimum atomic E-state index is 0.181. The molecule has 114 valence electrons. The molecule has 0 aliphatic heterocycles. The fraction of sp³-hybridized carbons (Fsp3) is 0.941. The normalized spacial score (nSPS) is 39.1. The third-order valence-electron chi connectivity index (χ3n) is 5.65. The van der Waals surface area contributed by atoms with Crippen LogP contribution in [0, 0.1) is 23.7 Å². The first-order chi connectivity index (χ1) is 9.33. The van der Waals surface area contributed by atoms with Gasteiger partial charge in [0.05, 0.1) is 5.75 Å². The van der Waals surface area contributed by atoms with E-state index in [0.717, 1.165) is 23.7 Å². The van der Waals surface area contributed by atoms with Crippen LogP contribution in [0.5, 0.6) is 0 Å². The summed E-state index contributed by atoms with van der Waals surface area (Å²) in [5, 5.41) is 0. The smallest absolute Gasteiger partial charge is 0.232 e. The Morgan fingerprint density at radius 1 is 1.05 bits per heavy atom. The third-order valence-corrected chi connectivity index (χ3v) is 6.90. The standard InChI is InChI=1S/C17H29NOS/c1-17(2,3)20-10-15(19)18(4)16-13-6-11-5-12(8-13)9-14(16)7-11/h11-14,16H,5-10H2,1-4H3. The van der Waals surface area contributed by atoms with Gasteiger partial charge in [0.15, 0.2) is 0 Å². The summed E-state index contributed by atoms with van der Waals surface area (Å²) < 4.78 is 0.181. The molecule has 2 nitrogen and oxygen atoms in total. The van der Waals surface area contributed by atoms with Crippen molar-refractivity contribution in [2.45, 2.75) is 63.7 Å². The van der Waals surface area contributed by atoms with Crippen LogP contribution >= 0.6 is 11.8 Å². The van der Waals surface area contributed by atoms with Crippen LogP contribution in [-0.4, -0.2) is 34.4 Å². The lowest BCUT2D eigenvalue weighted by atomic mass is 9.54. The van der Waals surface area contributed by atoms with Crippen molar-refractivity contribution in [3.8, 4) is 0 Å². The Morgan fingerprint density at radius 2 is 1.55 bits per heavy atom. The van der Waals surface area contributed by atoms with Crippen LogP contribution in [0.25, 0.3) is 0 Å². The van der Waals surface area contributed by atoms with E-state index >= 15 is 0 Å². The van der Waals surface area contributed by atoms with Gasteiger partial charge >= 0.3 is 0 Å². The average molecular weight is 295 g/mol. The molecule has 1 amide bonds. The Morgan fingerprint density at radius 3 is 2.00 bits per heavy atom. The summed E-state index contributed by atoms with van der Waals surface area (Å²) >= 11 is 1.78. The number of nitrogens with zero attached hydrogens (tertiary/aromatic N) is 1. The van der Waals surface area contributed by atoms with Crippen molar-refractivity contribution in [2.75, 3.05) is 12.8 Å². The van der Waals surface area contributed by atoms with Crippen molar-refractivity contribution < 1.29 is 4.79 Å². The summed E-state index contributed by atoms with van der Waals surface area (Å²) in [5.74, 6) is 4.58. The number of rotatable bonds is 3. The van der Waals surface area contributed by atoms with Gasteiger partial charge in [-0.3, -0.25) is 4.79 Å². The van der Waals surface area contributed by atoms with Gasteiger partial charge in [-0.1, -0.05) is 20.8 Å². The van der Waals surface area contributed by atoms with E-state index in [4.69, 9.17) is 0 Å². The second kappa shape index (κ2) is 5.23. The summed E-state index contributed by atoms with van der Waals surface area (Å²) in [4.78, 5) is 14.6. The molecule has 4 rings (SSSR count). The Balaban J connectivity index is 1.62. The molecular formula is C17H29NOS. The van der Waals surface area contributed by atoms with Gasteiger partial charge in [-0.15, -0.1) is 11.8 Å². The summed E-state index contributed by atoms with van der Waals surface area (Å²) in [6.45, 7) is 6.56. The molecule has 0 N–H and O–H groups in total. The second-order valence-electron chi connectivity index (χ2n) is 8.33. The van der Waals surface area contributed by atoms with Crippen LogP contribution in [0.15, 0.2) is 0 Å². The molecule has 3 heteroatoms. The lowest BCUT2D eigenvalue weighted by Crippen LogP contribution is -2.56. The first-order valence-electron chi connectivity index (χ1n) is 8.23. The van der Waals surface area contributed by atoms with Crippen molar-refractivity contribution in [3.05, 3.63) is 0 Å². The van der Waals surface area contributed by atoms with Crippen LogP contribution in [0.3, 0.4) is 0 Å².